The van der Waals surface area contributed by atoms with Crippen LogP contribution in [0.15, 0.2) is 79.0 Å². The van der Waals surface area contributed by atoms with Crippen molar-refractivity contribution in [3.63, 3.8) is 0 Å². The Bertz CT molecular complexity index is 1190. The number of nitrogens with zero attached hydrogens (tertiary/aromatic N) is 1. The zero-order chi connectivity index (χ0) is 29.0. The third-order valence-corrected chi connectivity index (χ3v) is 7.56. The molecule has 0 bridgehead atoms. The summed E-state index contributed by atoms with van der Waals surface area (Å²) in [5.41, 5.74) is 7.47. The van der Waals surface area contributed by atoms with Crippen LogP contribution in [0.25, 0.3) is 0 Å². The lowest BCUT2D eigenvalue weighted by Crippen LogP contribution is -2.38. The lowest BCUT2D eigenvalue weighted by molar-refractivity contribution is 0.422. The molecule has 1 unspecified atom stereocenters. The molecule has 0 saturated heterocycles. The summed E-state index contributed by atoms with van der Waals surface area (Å²) in [4.78, 5) is 2.45. The van der Waals surface area contributed by atoms with E-state index in [1.807, 2.05) is 18.2 Å². The Labute approximate surface area is 238 Å². The van der Waals surface area contributed by atoms with E-state index in [-0.39, 0.29) is 10.8 Å². The van der Waals surface area contributed by atoms with Crippen LogP contribution in [0.3, 0.4) is 0 Å². The summed E-state index contributed by atoms with van der Waals surface area (Å²) in [6, 6.07) is 23.7. The molecule has 0 aliphatic rings. The van der Waals surface area contributed by atoms with Gasteiger partial charge < -0.3 is 15.3 Å². The van der Waals surface area contributed by atoms with Crippen LogP contribution in [0.1, 0.15) is 91.8 Å². The molecule has 0 saturated carbocycles. The summed E-state index contributed by atoms with van der Waals surface area (Å²) in [7, 11) is 0. The Morgan fingerprint density at radius 3 is 1.82 bits per heavy atom. The number of para-hydroxylation sites is 1. The van der Waals surface area contributed by atoms with Crippen LogP contribution in [-0.4, -0.2) is 11.1 Å². The minimum absolute atomic E-state index is 0.135. The number of nitrogens with one attached hydrogen (secondary N) is 1. The first-order valence-corrected chi connectivity index (χ1v) is 14.5. The van der Waals surface area contributed by atoms with E-state index in [9.17, 15) is 5.11 Å². The van der Waals surface area contributed by atoms with Crippen LogP contribution in [0.4, 0.5) is 17.1 Å². The second-order valence-electron chi connectivity index (χ2n) is 13.2. The maximum absolute atomic E-state index is 11.1. The molecule has 210 valence electrons. The largest absolute Gasteiger partial charge is 0.507 e. The summed E-state index contributed by atoms with van der Waals surface area (Å²) in [5.74, 6) is 0.928. The molecule has 0 aliphatic heterocycles. The molecule has 0 radical (unpaired) electrons. The van der Waals surface area contributed by atoms with Gasteiger partial charge in [0.2, 0.25) is 0 Å². The van der Waals surface area contributed by atoms with Crippen molar-refractivity contribution in [3.05, 3.63) is 95.7 Å². The smallest absolute Gasteiger partial charge is 0.123 e. The van der Waals surface area contributed by atoms with Gasteiger partial charge in [-0.25, -0.2) is 0 Å². The third kappa shape index (κ3) is 7.68. The van der Waals surface area contributed by atoms with Gasteiger partial charge in [-0.1, -0.05) is 99.2 Å². The second-order valence-corrected chi connectivity index (χ2v) is 13.2. The van der Waals surface area contributed by atoms with E-state index in [1.165, 1.54) is 11.3 Å². The standard InChI is InChI=1S/C36H50N2O/c1-11-33(25(2)3)38(30-21-19-29(20-22-30)37-28-15-13-12-14-16-28)26(4)17-18-27-23-31(35(5,6)7)34(39)32(24-27)36(8,9)10/h12-16,19-25,33,37,39H,4,11,17-18H2,1-3,5-10H3. The van der Waals surface area contributed by atoms with Crippen molar-refractivity contribution in [1.82, 2.24) is 0 Å². The summed E-state index contributed by atoms with van der Waals surface area (Å²) in [6.45, 7) is 24.5. The zero-order valence-corrected chi connectivity index (χ0v) is 25.7. The molecule has 3 aromatic carbocycles. The number of allylic oxidation sites excluding steroid dienone is 1. The molecule has 2 N–H and O–H groups in total. The first-order chi connectivity index (χ1) is 18.2. The van der Waals surface area contributed by atoms with E-state index in [2.05, 4.69) is 128 Å². The molecule has 3 heteroatoms. The van der Waals surface area contributed by atoms with E-state index in [4.69, 9.17) is 0 Å². The van der Waals surface area contributed by atoms with E-state index in [0.717, 1.165) is 47.5 Å². The molecule has 3 rings (SSSR count). The second kappa shape index (κ2) is 12.3. The molecule has 3 nitrogen and oxygen atoms in total. The van der Waals surface area contributed by atoms with Crippen LogP contribution >= 0.6 is 0 Å². The van der Waals surface area contributed by atoms with Crippen molar-refractivity contribution in [2.45, 2.75) is 98.4 Å². The third-order valence-electron chi connectivity index (χ3n) is 7.56. The summed E-state index contributed by atoms with van der Waals surface area (Å²) in [5, 5.41) is 14.6. The van der Waals surface area contributed by atoms with Crippen LogP contribution in [-0.2, 0) is 17.3 Å². The summed E-state index contributed by atoms with van der Waals surface area (Å²) >= 11 is 0. The lowest BCUT2D eigenvalue weighted by Gasteiger charge is -2.37. The maximum atomic E-state index is 11.1. The summed E-state index contributed by atoms with van der Waals surface area (Å²) in [6.07, 6.45) is 2.78. The number of phenols is 1. The van der Waals surface area contributed by atoms with Crippen LogP contribution in [0.2, 0.25) is 0 Å². The average Bonchev–Trinajstić information content (AvgIpc) is 2.86. The quantitative estimate of drug-likeness (QED) is 0.276. The fourth-order valence-electron chi connectivity index (χ4n) is 5.35. The predicted molar refractivity (Wildman–Crippen MR) is 171 cm³/mol. The number of hydrogen-bond acceptors (Lipinski definition) is 3. The first kappa shape index (κ1) is 30.3. The molecule has 0 heterocycles. The van der Waals surface area contributed by atoms with Gasteiger partial charge in [-0.05, 0) is 89.1 Å². The number of anilines is 3. The van der Waals surface area contributed by atoms with Gasteiger partial charge in [-0.15, -0.1) is 0 Å². The van der Waals surface area contributed by atoms with Crippen molar-refractivity contribution in [1.29, 1.82) is 0 Å². The van der Waals surface area contributed by atoms with Gasteiger partial charge in [-0.3, -0.25) is 0 Å². The van der Waals surface area contributed by atoms with Crippen LogP contribution in [0.5, 0.6) is 5.75 Å². The normalized spacial score (nSPS) is 12.9. The minimum Gasteiger partial charge on any atom is -0.507 e. The van der Waals surface area contributed by atoms with E-state index >= 15 is 0 Å². The van der Waals surface area contributed by atoms with Crippen molar-refractivity contribution in [2.75, 3.05) is 10.2 Å². The maximum Gasteiger partial charge on any atom is 0.123 e. The zero-order valence-electron chi connectivity index (χ0n) is 25.7. The van der Waals surface area contributed by atoms with Gasteiger partial charge in [0.25, 0.3) is 0 Å². The molecule has 0 aromatic heterocycles. The van der Waals surface area contributed by atoms with Crippen molar-refractivity contribution >= 4 is 17.1 Å². The molecule has 0 amide bonds. The minimum atomic E-state index is -0.135. The fraction of sp³-hybridized carbons (Fsp3) is 0.444. The number of rotatable bonds is 10. The highest BCUT2D eigenvalue weighted by molar-refractivity contribution is 5.64. The van der Waals surface area contributed by atoms with Crippen LogP contribution < -0.4 is 10.2 Å². The predicted octanol–water partition coefficient (Wildman–Crippen LogP) is 10.1. The molecule has 0 aliphatic carbocycles. The van der Waals surface area contributed by atoms with Gasteiger partial charge in [0.15, 0.2) is 0 Å². The van der Waals surface area contributed by atoms with E-state index in [0.29, 0.717) is 17.7 Å². The topological polar surface area (TPSA) is 35.5 Å². The van der Waals surface area contributed by atoms with Gasteiger partial charge in [0.05, 0.1) is 0 Å². The van der Waals surface area contributed by atoms with E-state index < -0.39 is 0 Å². The molecule has 39 heavy (non-hydrogen) atoms. The number of aryl methyl sites for hydroxylation is 1. The van der Waals surface area contributed by atoms with Crippen molar-refractivity contribution < 1.29 is 5.11 Å². The fourth-order valence-corrected chi connectivity index (χ4v) is 5.35. The first-order valence-electron chi connectivity index (χ1n) is 14.5. The number of aromatic hydroxyl groups is 1. The van der Waals surface area contributed by atoms with Gasteiger partial charge >= 0.3 is 0 Å². The van der Waals surface area contributed by atoms with Crippen molar-refractivity contribution in [2.24, 2.45) is 5.92 Å². The number of hydrogen-bond donors (Lipinski definition) is 2. The molecule has 1 atom stereocenters. The highest BCUT2D eigenvalue weighted by Gasteiger charge is 2.27. The van der Waals surface area contributed by atoms with Crippen molar-refractivity contribution in [3.8, 4) is 5.75 Å². The highest BCUT2D eigenvalue weighted by atomic mass is 16.3. The Kier molecular flexibility index (Phi) is 9.59. The Hall–Kier alpha value is -3.20. The molecule has 3 aromatic rings. The lowest BCUT2D eigenvalue weighted by atomic mass is 9.78. The van der Waals surface area contributed by atoms with Gasteiger partial charge in [-0.2, -0.15) is 0 Å². The monoisotopic (exact) mass is 526 g/mol. The number of phenolic OH excluding ortho intramolecular Hbond substituents is 1. The highest BCUT2D eigenvalue weighted by Crippen LogP contribution is 2.40. The Balaban J connectivity index is 1.89. The molecular weight excluding hydrogens is 476 g/mol. The van der Waals surface area contributed by atoms with Crippen LogP contribution in [0, 0.1) is 5.92 Å². The molecule has 0 spiro atoms. The molecule has 0 fully saturated rings. The number of benzene rings is 3. The van der Waals surface area contributed by atoms with Gasteiger partial charge in [0, 0.05) is 28.8 Å². The Morgan fingerprint density at radius 1 is 0.846 bits per heavy atom. The Morgan fingerprint density at radius 2 is 1.36 bits per heavy atom. The van der Waals surface area contributed by atoms with Gasteiger partial charge in [0.1, 0.15) is 5.75 Å². The van der Waals surface area contributed by atoms with E-state index in [1.54, 1.807) is 0 Å². The average molecular weight is 527 g/mol. The molecular formula is C36H50N2O. The summed E-state index contributed by atoms with van der Waals surface area (Å²) < 4.78 is 0. The SMILES string of the molecule is C=C(CCc1cc(C(C)(C)C)c(O)c(C(C)(C)C)c1)N(c1ccc(Nc2ccccc2)cc1)C(CC)C(C)C.